The third kappa shape index (κ3) is 6.95. The molecule has 13 heteroatoms. The van der Waals surface area contributed by atoms with Gasteiger partial charge in [-0.15, -0.1) is 0 Å². The van der Waals surface area contributed by atoms with E-state index in [0.717, 1.165) is 0 Å². The maximum atomic E-state index is 13.7. The molecule has 39 heavy (non-hydrogen) atoms. The highest BCUT2D eigenvalue weighted by Gasteiger charge is 2.55. The van der Waals surface area contributed by atoms with Gasteiger partial charge in [0.25, 0.3) is 0 Å². The Kier molecular flexibility index (Phi) is 10.3. The zero-order valence-corrected chi connectivity index (χ0v) is 22.6. The van der Waals surface area contributed by atoms with Crippen molar-refractivity contribution in [3.8, 4) is 0 Å². The second-order valence-electron chi connectivity index (χ2n) is 10.4. The number of anilines is 1. The summed E-state index contributed by atoms with van der Waals surface area (Å²) < 4.78 is 44.7. The van der Waals surface area contributed by atoms with E-state index < -0.39 is 64.8 Å². The van der Waals surface area contributed by atoms with Gasteiger partial charge in [-0.25, -0.2) is 4.79 Å². The maximum Gasteiger partial charge on any atom is 0.416 e. The van der Waals surface area contributed by atoms with Crippen LogP contribution in [0.2, 0.25) is 0 Å². The number of amides is 2. The largest absolute Gasteiger partial charge is 0.462 e. The first kappa shape index (κ1) is 32.2. The van der Waals surface area contributed by atoms with Gasteiger partial charge in [0.05, 0.1) is 35.4 Å². The van der Waals surface area contributed by atoms with Gasteiger partial charge in [-0.1, -0.05) is 26.0 Å². The lowest BCUT2D eigenvalue weighted by Crippen LogP contribution is -2.68. The Morgan fingerprint density at radius 1 is 1.18 bits per heavy atom. The molecule has 1 fully saturated rings. The third-order valence-corrected chi connectivity index (χ3v) is 6.97. The molecule has 1 saturated heterocycles. The number of alkyl halides is 3. The van der Waals surface area contributed by atoms with Crippen LogP contribution in [-0.4, -0.2) is 71.7 Å². The number of ether oxygens (including phenoxy) is 1. The number of hydrogen-bond donors (Lipinski definition) is 5. The van der Waals surface area contributed by atoms with Crippen LogP contribution in [0.25, 0.3) is 0 Å². The molecular formula is C26H37F3N4O6. The van der Waals surface area contributed by atoms with E-state index in [0.29, 0.717) is 6.42 Å². The highest BCUT2D eigenvalue weighted by Crippen LogP contribution is 2.32. The average molecular weight is 559 g/mol. The number of aliphatic hydroxyl groups excluding tert-OH is 1. The van der Waals surface area contributed by atoms with E-state index in [9.17, 15) is 37.5 Å². The summed E-state index contributed by atoms with van der Waals surface area (Å²) in [6, 6.07) is 2.78. The van der Waals surface area contributed by atoms with Crippen molar-refractivity contribution < 1.29 is 42.2 Å². The smallest absolute Gasteiger partial charge is 0.416 e. The number of nitrogens with one attached hydrogen (secondary N) is 3. The van der Waals surface area contributed by atoms with Crippen molar-refractivity contribution in [3.63, 3.8) is 0 Å². The van der Waals surface area contributed by atoms with Gasteiger partial charge >= 0.3 is 12.1 Å². The van der Waals surface area contributed by atoms with Crippen molar-refractivity contribution in [1.29, 1.82) is 0 Å². The normalized spacial score (nSPS) is 20.2. The number of carbonyl (C=O) groups is 4. The Morgan fingerprint density at radius 3 is 2.31 bits per heavy atom. The Morgan fingerprint density at radius 2 is 1.79 bits per heavy atom. The monoisotopic (exact) mass is 558 g/mol. The van der Waals surface area contributed by atoms with Gasteiger partial charge < -0.3 is 26.2 Å². The summed E-state index contributed by atoms with van der Waals surface area (Å²) in [6.45, 7) is 7.49. The molecule has 0 spiro atoms. The predicted molar refractivity (Wildman–Crippen MR) is 137 cm³/mol. The van der Waals surface area contributed by atoms with Crippen LogP contribution in [0, 0.1) is 11.3 Å². The Hall–Kier alpha value is -3.03. The van der Waals surface area contributed by atoms with Gasteiger partial charge in [0.2, 0.25) is 11.8 Å². The molecule has 2 amide bonds. The summed E-state index contributed by atoms with van der Waals surface area (Å²) >= 11 is 0. The fourth-order valence-corrected chi connectivity index (χ4v) is 4.34. The number of carbonyl (C=O) groups excluding carboxylic acids is 4. The molecule has 1 aromatic carbocycles. The van der Waals surface area contributed by atoms with Crippen molar-refractivity contribution >= 4 is 29.3 Å². The van der Waals surface area contributed by atoms with Crippen LogP contribution in [0.5, 0.6) is 0 Å². The first-order valence-corrected chi connectivity index (χ1v) is 12.7. The standard InChI is InChI=1S/C26H37F3N4O6/c1-6-39-21(36)15-10-7-8-11-16(15)32-22(37)24(4,5)18(30)20(35)25(12-9-13-31-25)23(38)33-17(14(2)3)19(34)26(27,28)29/h7-8,10-11,14,17-19,31,34H,6,9,12-13,30H2,1-5H3,(H,32,37)(H,33,38)/t17?,18-,19?,25+/m1/s1. The summed E-state index contributed by atoms with van der Waals surface area (Å²) in [5, 5.41) is 17.4. The number of Topliss-reactive ketones (excluding diaryl/α,β-unsaturated/α-hetero) is 1. The number of nitrogens with two attached hydrogens (primary N) is 1. The summed E-state index contributed by atoms with van der Waals surface area (Å²) in [6.07, 6.45) is -7.58. The molecule has 4 atom stereocenters. The Balaban J connectivity index is 2.32. The molecule has 6 N–H and O–H groups in total. The summed E-state index contributed by atoms with van der Waals surface area (Å²) in [5.74, 6) is -4.18. The molecule has 2 rings (SSSR count). The Labute approximate surface area is 225 Å². The minimum absolute atomic E-state index is 0.0678. The first-order chi connectivity index (χ1) is 18.0. The van der Waals surface area contributed by atoms with Crippen LogP contribution < -0.4 is 21.7 Å². The zero-order valence-electron chi connectivity index (χ0n) is 22.6. The third-order valence-electron chi connectivity index (χ3n) is 6.97. The van der Waals surface area contributed by atoms with Gasteiger partial charge in [-0.2, -0.15) is 13.2 Å². The van der Waals surface area contributed by atoms with E-state index in [4.69, 9.17) is 10.5 Å². The van der Waals surface area contributed by atoms with E-state index in [2.05, 4.69) is 16.0 Å². The molecule has 0 radical (unpaired) electrons. The lowest BCUT2D eigenvalue weighted by atomic mass is 9.74. The molecule has 1 heterocycles. The van der Waals surface area contributed by atoms with Gasteiger partial charge in [-0.05, 0) is 58.2 Å². The van der Waals surface area contributed by atoms with Crippen molar-refractivity contribution in [2.75, 3.05) is 18.5 Å². The van der Waals surface area contributed by atoms with Crippen molar-refractivity contribution in [2.24, 2.45) is 17.1 Å². The quantitative estimate of drug-likeness (QED) is 0.203. The van der Waals surface area contributed by atoms with Crippen LogP contribution in [-0.2, 0) is 19.1 Å². The lowest BCUT2D eigenvalue weighted by molar-refractivity contribution is -0.215. The number of ketones is 1. The van der Waals surface area contributed by atoms with Crippen LogP contribution in [0.3, 0.4) is 0 Å². The minimum Gasteiger partial charge on any atom is -0.462 e. The van der Waals surface area contributed by atoms with E-state index in [1.54, 1.807) is 19.1 Å². The minimum atomic E-state index is -5.00. The van der Waals surface area contributed by atoms with Gasteiger partial charge in [0.15, 0.2) is 17.4 Å². The number of hydrogen-bond acceptors (Lipinski definition) is 8. The molecule has 0 aromatic heterocycles. The summed E-state index contributed by atoms with van der Waals surface area (Å²) in [5.41, 5.74) is 2.85. The van der Waals surface area contributed by atoms with Gasteiger partial charge in [-0.3, -0.25) is 19.7 Å². The van der Waals surface area contributed by atoms with Crippen LogP contribution in [0.15, 0.2) is 24.3 Å². The van der Waals surface area contributed by atoms with E-state index in [1.807, 2.05) is 0 Å². The molecule has 1 aromatic rings. The fourth-order valence-electron chi connectivity index (χ4n) is 4.34. The van der Waals surface area contributed by atoms with Crippen LogP contribution in [0.1, 0.15) is 57.8 Å². The van der Waals surface area contributed by atoms with Crippen molar-refractivity contribution in [2.45, 2.75) is 77.4 Å². The van der Waals surface area contributed by atoms with Crippen molar-refractivity contribution in [3.05, 3.63) is 29.8 Å². The Bertz CT molecular complexity index is 1070. The first-order valence-electron chi connectivity index (χ1n) is 12.7. The van der Waals surface area contributed by atoms with Gasteiger partial charge in [0.1, 0.15) is 0 Å². The molecular weight excluding hydrogens is 521 g/mol. The molecule has 2 unspecified atom stereocenters. The SMILES string of the molecule is CCOC(=O)c1ccccc1NC(=O)C(C)(C)[C@H](N)C(=O)[C@]1(C(=O)NC(C(C)C)C(O)C(F)(F)F)CCCN1. The predicted octanol–water partition coefficient (Wildman–Crippen LogP) is 1.91. The molecule has 218 valence electrons. The molecule has 0 aliphatic carbocycles. The maximum absolute atomic E-state index is 13.7. The number of esters is 1. The molecule has 1 aliphatic heterocycles. The number of aliphatic hydroxyl groups is 1. The van der Waals surface area contributed by atoms with Crippen LogP contribution in [0.4, 0.5) is 18.9 Å². The molecule has 0 bridgehead atoms. The van der Waals surface area contributed by atoms with E-state index in [-0.39, 0.29) is 30.8 Å². The lowest BCUT2D eigenvalue weighted by Gasteiger charge is -2.37. The highest BCUT2D eigenvalue weighted by atomic mass is 19.4. The zero-order chi connectivity index (χ0) is 29.8. The van der Waals surface area contributed by atoms with Crippen molar-refractivity contribution in [1.82, 2.24) is 10.6 Å². The van der Waals surface area contributed by atoms with Crippen LogP contribution >= 0.6 is 0 Å². The number of halogens is 3. The molecule has 0 saturated carbocycles. The fraction of sp³-hybridized carbons (Fsp3) is 0.615. The second kappa shape index (κ2) is 12.4. The summed E-state index contributed by atoms with van der Waals surface area (Å²) in [7, 11) is 0. The molecule has 10 nitrogen and oxygen atoms in total. The molecule has 1 aliphatic rings. The topological polar surface area (TPSA) is 160 Å². The number of benzene rings is 1. The van der Waals surface area contributed by atoms with E-state index in [1.165, 1.54) is 39.8 Å². The number of para-hydroxylation sites is 1. The van der Waals surface area contributed by atoms with E-state index >= 15 is 0 Å². The van der Waals surface area contributed by atoms with Gasteiger partial charge in [0, 0.05) is 0 Å². The highest BCUT2D eigenvalue weighted by molar-refractivity contribution is 6.15. The second-order valence-corrected chi connectivity index (χ2v) is 10.4. The summed E-state index contributed by atoms with van der Waals surface area (Å²) in [4.78, 5) is 52.6. The number of rotatable bonds is 11. The average Bonchev–Trinajstić information content (AvgIpc) is 3.36.